The van der Waals surface area contributed by atoms with E-state index < -0.39 is 16.7 Å². The van der Waals surface area contributed by atoms with Gasteiger partial charge in [-0.3, -0.25) is 9.00 Å². The van der Waals surface area contributed by atoms with E-state index in [1.807, 2.05) is 6.92 Å². The first-order chi connectivity index (χ1) is 8.04. The van der Waals surface area contributed by atoms with Crippen LogP contribution in [0.15, 0.2) is 12.1 Å². The molecule has 5 N–H and O–H groups in total. The fourth-order valence-electron chi connectivity index (χ4n) is 1.18. The number of carbonyl (C=O) groups excluding carboxylic acids is 1. The third-order valence-electron chi connectivity index (χ3n) is 2.12. The van der Waals surface area contributed by atoms with E-state index in [1.165, 1.54) is 6.07 Å². The molecular weight excluding hydrogens is 240 g/mol. The lowest BCUT2D eigenvalue weighted by Crippen LogP contribution is -2.17. The molecule has 7 heteroatoms. The molecule has 1 heterocycles. The van der Waals surface area contributed by atoms with Gasteiger partial charge < -0.3 is 16.8 Å². The standard InChI is InChI=1S/C10H16N4O2S/c1-2-17(16)6-5-13-10-7(11)3-4-8(14-10)9(12)15/h3-4H,2,5-6,11H2,1H3,(H2,12,15)(H,13,14). The molecule has 1 aromatic rings. The highest BCUT2D eigenvalue weighted by Gasteiger charge is 2.06. The van der Waals surface area contributed by atoms with Gasteiger partial charge >= 0.3 is 0 Å². The lowest BCUT2D eigenvalue weighted by atomic mass is 10.3. The molecule has 1 rings (SSSR count). The Morgan fingerprint density at radius 3 is 2.82 bits per heavy atom. The topological polar surface area (TPSA) is 111 Å². The molecule has 0 fully saturated rings. The van der Waals surface area contributed by atoms with Gasteiger partial charge in [-0.15, -0.1) is 0 Å². The average molecular weight is 256 g/mol. The van der Waals surface area contributed by atoms with Crippen molar-refractivity contribution in [2.75, 3.05) is 29.1 Å². The van der Waals surface area contributed by atoms with Crippen LogP contribution in [0.1, 0.15) is 17.4 Å². The van der Waals surface area contributed by atoms with Crippen LogP contribution in [0.2, 0.25) is 0 Å². The summed E-state index contributed by atoms with van der Waals surface area (Å²) < 4.78 is 11.2. The maximum atomic E-state index is 11.2. The molecule has 0 bridgehead atoms. The van der Waals surface area contributed by atoms with Crippen LogP contribution in [0.5, 0.6) is 0 Å². The van der Waals surface area contributed by atoms with Crippen molar-refractivity contribution < 1.29 is 9.00 Å². The number of primary amides is 1. The zero-order valence-electron chi connectivity index (χ0n) is 9.60. The summed E-state index contributed by atoms with van der Waals surface area (Å²) in [5, 5.41) is 2.94. The summed E-state index contributed by atoms with van der Waals surface area (Å²) >= 11 is 0. The Kier molecular flexibility index (Phi) is 4.89. The number of pyridine rings is 1. The highest BCUT2D eigenvalue weighted by molar-refractivity contribution is 7.84. The highest BCUT2D eigenvalue weighted by Crippen LogP contribution is 2.15. The Balaban J connectivity index is 2.66. The molecule has 1 amide bonds. The molecule has 1 unspecified atom stereocenters. The first-order valence-electron chi connectivity index (χ1n) is 5.19. The Morgan fingerprint density at radius 1 is 1.53 bits per heavy atom. The summed E-state index contributed by atoms with van der Waals surface area (Å²) in [6.07, 6.45) is 0. The van der Waals surface area contributed by atoms with Gasteiger partial charge in [-0.1, -0.05) is 6.92 Å². The van der Waals surface area contributed by atoms with Gasteiger partial charge in [0.2, 0.25) is 0 Å². The molecule has 1 atom stereocenters. The maximum Gasteiger partial charge on any atom is 0.267 e. The minimum atomic E-state index is -0.844. The van der Waals surface area contributed by atoms with Gasteiger partial charge in [0.25, 0.3) is 5.91 Å². The van der Waals surface area contributed by atoms with Crippen LogP contribution in [0.25, 0.3) is 0 Å². The van der Waals surface area contributed by atoms with Crippen molar-refractivity contribution in [3.63, 3.8) is 0 Å². The average Bonchev–Trinajstić information content (AvgIpc) is 2.30. The zero-order valence-corrected chi connectivity index (χ0v) is 10.4. The highest BCUT2D eigenvalue weighted by atomic mass is 32.2. The maximum absolute atomic E-state index is 11.2. The minimum Gasteiger partial charge on any atom is -0.396 e. The molecule has 6 nitrogen and oxygen atoms in total. The normalized spacial score (nSPS) is 12.1. The fraction of sp³-hybridized carbons (Fsp3) is 0.400. The number of hydrogen-bond acceptors (Lipinski definition) is 5. The molecular formula is C10H16N4O2S. The number of nitrogens with two attached hydrogens (primary N) is 2. The van der Waals surface area contributed by atoms with Gasteiger partial charge in [0, 0.05) is 28.9 Å². The number of nitrogens with one attached hydrogen (secondary N) is 1. The van der Waals surface area contributed by atoms with Crippen molar-refractivity contribution in [2.24, 2.45) is 5.73 Å². The van der Waals surface area contributed by atoms with Gasteiger partial charge in [0.1, 0.15) is 11.5 Å². The summed E-state index contributed by atoms with van der Waals surface area (Å²) in [6, 6.07) is 3.03. The third-order valence-corrected chi connectivity index (χ3v) is 3.43. The third kappa shape index (κ3) is 4.03. The van der Waals surface area contributed by atoms with Crippen LogP contribution >= 0.6 is 0 Å². The Bertz CT molecular complexity index is 436. The predicted octanol–water partition coefficient (Wildman–Crippen LogP) is -0.0568. The summed E-state index contributed by atoms with van der Waals surface area (Å²) in [5.74, 6) is 0.921. The van der Waals surface area contributed by atoms with Crippen molar-refractivity contribution in [3.8, 4) is 0 Å². The van der Waals surface area contributed by atoms with Gasteiger partial charge in [-0.25, -0.2) is 4.98 Å². The van der Waals surface area contributed by atoms with Crippen molar-refractivity contribution >= 4 is 28.2 Å². The van der Waals surface area contributed by atoms with Gasteiger partial charge in [0.05, 0.1) is 5.69 Å². The number of rotatable bonds is 6. The van der Waals surface area contributed by atoms with Gasteiger partial charge in [-0.05, 0) is 12.1 Å². The fourth-order valence-corrected chi connectivity index (χ4v) is 1.79. The summed E-state index contributed by atoms with van der Waals surface area (Å²) in [6.45, 7) is 2.34. The van der Waals surface area contributed by atoms with Crippen molar-refractivity contribution in [2.45, 2.75) is 6.92 Å². The van der Waals surface area contributed by atoms with Crippen LogP contribution in [0, 0.1) is 0 Å². The number of carbonyl (C=O) groups is 1. The first-order valence-corrected chi connectivity index (χ1v) is 6.68. The summed E-state index contributed by atoms with van der Waals surface area (Å²) in [5.41, 5.74) is 11.4. The van der Waals surface area contributed by atoms with Crippen molar-refractivity contribution in [1.29, 1.82) is 0 Å². The number of hydrogen-bond donors (Lipinski definition) is 3. The molecule has 0 radical (unpaired) electrons. The number of nitrogen functional groups attached to an aromatic ring is 1. The number of amides is 1. The second-order valence-corrected chi connectivity index (χ2v) is 5.22. The minimum absolute atomic E-state index is 0.151. The largest absolute Gasteiger partial charge is 0.396 e. The zero-order chi connectivity index (χ0) is 12.8. The lowest BCUT2D eigenvalue weighted by molar-refractivity contribution is 0.0996. The van der Waals surface area contributed by atoms with Crippen LogP contribution in [-0.4, -0.2) is 33.2 Å². The molecule has 0 aliphatic carbocycles. The van der Waals surface area contributed by atoms with Crippen molar-refractivity contribution in [3.05, 3.63) is 17.8 Å². The summed E-state index contributed by atoms with van der Waals surface area (Å²) in [7, 11) is -0.844. The van der Waals surface area contributed by atoms with Crippen LogP contribution < -0.4 is 16.8 Å². The molecule has 0 spiro atoms. The van der Waals surface area contributed by atoms with E-state index in [9.17, 15) is 9.00 Å². The van der Waals surface area contributed by atoms with Gasteiger partial charge in [-0.2, -0.15) is 0 Å². The molecule has 17 heavy (non-hydrogen) atoms. The quantitative estimate of drug-likeness (QED) is 0.660. The van der Waals surface area contributed by atoms with E-state index in [0.29, 0.717) is 29.6 Å². The molecule has 0 aliphatic heterocycles. The first kappa shape index (κ1) is 13.4. The molecule has 0 aromatic carbocycles. The van der Waals surface area contributed by atoms with Crippen LogP contribution in [-0.2, 0) is 10.8 Å². The Morgan fingerprint density at radius 2 is 2.24 bits per heavy atom. The molecule has 1 aromatic heterocycles. The number of aromatic nitrogens is 1. The van der Waals surface area contributed by atoms with Gasteiger partial charge in [0.15, 0.2) is 0 Å². The molecule has 0 saturated carbocycles. The number of anilines is 2. The number of nitrogens with zero attached hydrogens (tertiary/aromatic N) is 1. The molecule has 0 aliphatic rings. The second-order valence-electron chi connectivity index (χ2n) is 3.36. The Labute approximate surface area is 102 Å². The molecule has 94 valence electrons. The van der Waals surface area contributed by atoms with E-state index in [0.717, 1.165) is 0 Å². The van der Waals surface area contributed by atoms with Crippen LogP contribution in [0.3, 0.4) is 0 Å². The van der Waals surface area contributed by atoms with Crippen molar-refractivity contribution in [1.82, 2.24) is 4.98 Å². The van der Waals surface area contributed by atoms with Crippen LogP contribution in [0.4, 0.5) is 11.5 Å². The summed E-state index contributed by atoms with van der Waals surface area (Å²) in [4.78, 5) is 14.9. The monoisotopic (exact) mass is 256 g/mol. The van der Waals surface area contributed by atoms with E-state index in [1.54, 1.807) is 6.07 Å². The lowest BCUT2D eigenvalue weighted by Gasteiger charge is -2.08. The SMILES string of the molecule is CCS(=O)CCNc1nc(C(N)=O)ccc1N. The smallest absolute Gasteiger partial charge is 0.267 e. The second kappa shape index (κ2) is 6.19. The van der Waals surface area contributed by atoms with E-state index >= 15 is 0 Å². The van der Waals surface area contributed by atoms with E-state index in [4.69, 9.17) is 11.5 Å². The van der Waals surface area contributed by atoms with E-state index in [2.05, 4.69) is 10.3 Å². The molecule has 0 saturated heterocycles. The predicted molar refractivity (Wildman–Crippen MR) is 69.2 cm³/mol. The Hall–Kier alpha value is -1.63. The van der Waals surface area contributed by atoms with E-state index in [-0.39, 0.29) is 5.69 Å².